The van der Waals surface area contributed by atoms with Crippen molar-refractivity contribution in [2.45, 2.75) is 26.4 Å². The Morgan fingerprint density at radius 1 is 1.33 bits per heavy atom. The van der Waals surface area contributed by atoms with Gasteiger partial charge in [0.1, 0.15) is 11.4 Å². The second-order valence-corrected chi connectivity index (χ2v) is 4.84. The molecule has 6 heteroatoms. The number of allylic oxidation sites excluding steroid dienone is 2. The molecule has 1 aliphatic heterocycles. The summed E-state index contributed by atoms with van der Waals surface area (Å²) in [6, 6.07) is 0. The summed E-state index contributed by atoms with van der Waals surface area (Å²) in [4.78, 5) is 24.5. The smallest absolute Gasteiger partial charge is 0.416 e. The van der Waals surface area contributed by atoms with Crippen LogP contribution in [0.1, 0.15) is 20.8 Å². The average Bonchev–Trinajstić information content (AvgIpc) is 2.26. The Morgan fingerprint density at radius 2 is 1.94 bits per heavy atom. The monoisotopic (exact) mass is 254 g/mol. The number of ether oxygens (including phenoxy) is 2. The van der Waals surface area contributed by atoms with Crippen molar-refractivity contribution in [1.29, 1.82) is 0 Å². The van der Waals surface area contributed by atoms with Gasteiger partial charge >= 0.3 is 12.1 Å². The lowest BCUT2D eigenvalue weighted by molar-refractivity contribution is -0.136. The Labute approximate surface area is 106 Å². The van der Waals surface area contributed by atoms with E-state index in [0.717, 1.165) is 0 Å². The Morgan fingerprint density at radius 3 is 2.44 bits per heavy atom. The minimum atomic E-state index is -0.621. The normalized spacial score (nSPS) is 15.7. The van der Waals surface area contributed by atoms with Gasteiger partial charge in [0, 0.05) is 0 Å². The third kappa shape index (κ3) is 3.51. The van der Waals surface area contributed by atoms with E-state index in [1.807, 2.05) is 0 Å². The third-order valence-corrected chi connectivity index (χ3v) is 2.16. The van der Waals surface area contributed by atoms with Gasteiger partial charge < -0.3 is 15.2 Å². The van der Waals surface area contributed by atoms with Gasteiger partial charge in [0.15, 0.2) is 0 Å². The molecule has 0 radical (unpaired) electrons. The highest BCUT2D eigenvalue weighted by Crippen LogP contribution is 2.17. The van der Waals surface area contributed by atoms with E-state index in [2.05, 4.69) is 4.74 Å². The van der Waals surface area contributed by atoms with Crippen LogP contribution in [0.15, 0.2) is 23.5 Å². The standard InChI is InChI=1S/C12H18N2O4/c1-12(2,3)18-11(16)14-7-8(10(15)17-4)5-6-9(14)13/h5-6H,7,13H2,1-4H3. The quantitative estimate of drug-likeness (QED) is 0.709. The van der Waals surface area contributed by atoms with Gasteiger partial charge in [-0.05, 0) is 32.9 Å². The van der Waals surface area contributed by atoms with Gasteiger partial charge in [0.25, 0.3) is 0 Å². The Hall–Kier alpha value is -1.98. The summed E-state index contributed by atoms with van der Waals surface area (Å²) in [5, 5.41) is 0. The van der Waals surface area contributed by atoms with Crippen LogP contribution in [-0.4, -0.2) is 36.2 Å². The van der Waals surface area contributed by atoms with E-state index in [-0.39, 0.29) is 12.4 Å². The van der Waals surface area contributed by atoms with Crippen molar-refractivity contribution in [3.05, 3.63) is 23.5 Å². The minimum absolute atomic E-state index is 0.0456. The molecular weight excluding hydrogens is 236 g/mol. The Balaban J connectivity index is 2.81. The average molecular weight is 254 g/mol. The molecule has 0 saturated heterocycles. The first-order chi connectivity index (χ1) is 8.24. The van der Waals surface area contributed by atoms with Gasteiger partial charge in [-0.25, -0.2) is 9.59 Å². The van der Waals surface area contributed by atoms with Crippen molar-refractivity contribution >= 4 is 12.1 Å². The molecule has 6 nitrogen and oxygen atoms in total. The first-order valence-corrected chi connectivity index (χ1v) is 5.50. The molecule has 0 unspecified atom stereocenters. The summed E-state index contributed by atoms with van der Waals surface area (Å²) in [7, 11) is 1.28. The van der Waals surface area contributed by atoms with Gasteiger partial charge in [-0.1, -0.05) is 0 Å². The van der Waals surface area contributed by atoms with Crippen LogP contribution in [0.5, 0.6) is 0 Å². The molecule has 100 valence electrons. The highest BCUT2D eigenvalue weighted by molar-refractivity contribution is 5.90. The summed E-state index contributed by atoms with van der Waals surface area (Å²) < 4.78 is 9.79. The molecule has 1 rings (SSSR count). The first-order valence-electron chi connectivity index (χ1n) is 5.50. The maximum Gasteiger partial charge on any atom is 0.416 e. The van der Waals surface area contributed by atoms with Crippen molar-refractivity contribution in [3.8, 4) is 0 Å². The van der Waals surface area contributed by atoms with E-state index in [1.54, 1.807) is 20.8 Å². The van der Waals surface area contributed by atoms with Crippen LogP contribution in [0.25, 0.3) is 0 Å². The van der Waals surface area contributed by atoms with E-state index in [1.165, 1.54) is 24.2 Å². The third-order valence-electron chi connectivity index (χ3n) is 2.16. The number of rotatable bonds is 1. The molecule has 18 heavy (non-hydrogen) atoms. The number of carbonyl (C=O) groups excluding carboxylic acids is 2. The van der Waals surface area contributed by atoms with Gasteiger partial charge in [-0.3, -0.25) is 4.90 Å². The number of hydrogen-bond acceptors (Lipinski definition) is 5. The zero-order chi connectivity index (χ0) is 13.9. The van der Waals surface area contributed by atoms with Crippen LogP contribution >= 0.6 is 0 Å². The number of carbonyl (C=O) groups is 2. The summed E-state index contributed by atoms with van der Waals surface area (Å²) in [6.07, 6.45) is 2.41. The van der Waals surface area contributed by atoms with E-state index >= 15 is 0 Å². The molecule has 0 aromatic heterocycles. The first kappa shape index (κ1) is 14.1. The molecule has 0 bridgehead atoms. The minimum Gasteiger partial charge on any atom is -0.466 e. The molecule has 2 N–H and O–H groups in total. The molecular formula is C12H18N2O4. The zero-order valence-corrected chi connectivity index (χ0v) is 11.0. The van der Waals surface area contributed by atoms with E-state index in [0.29, 0.717) is 5.57 Å². The second-order valence-electron chi connectivity index (χ2n) is 4.84. The molecule has 0 spiro atoms. The zero-order valence-electron chi connectivity index (χ0n) is 11.0. The molecule has 0 saturated carbocycles. The fraction of sp³-hybridized carbons (Fsp3) is 0.500. The summed E-state index contributed by atoms with van der Waals surface area (Å²) in [5.41, 5.74) is 5.42. The summed E-state index contributed by atoms with van der Waals surface area (Å²) in [6.45, 7) is 5.31. The number of nitrogens with zero attached hydrogens (tertiary/aromatic N) is 1. The molecule has 0 aliphatic carbocycles. The topological polar surface area (TPSA) is 81.9 Å². The van der Waals surface area contributed by atoms with Crippen LogP contribution < -0.4 is 5.73 Å². The molecule has 0 fully saturated rings. The summed E-state index contributed by atoms with van der Waals surface area (Å²) in [5.74, 6) is -0.260. The fourth-order valence-electron chi connectivity index (χ4n) is 1.34. The Bertz CT molecular complexity index is 418. The van der Waals surface area contributed by atoms with Gasteiger partial charge in [0.05, 0.1) is 19.2 Å². The predicted molar refractivity (Wildman–Crippen MR) is 65.3 cm³/mol. The summed E-state index contributed by atoms with van der Waals surface area (Å²) >= 11 is 0. The molecule has 1 aliphatic rings. The molecule has 1 heterocycles. The van der Waals surface area contributed by atoms with Crippen LogP contribution in [0.2, 0.25) is 0 Å². The number of esters is 1. The van der Waals surface area contributed by atoms with Crippen molar-refractivity contribution in [2.75, 3.05) is 13.7 Å². The number of hydrogen-bond donors (Lipinski definition) is 1. The molecule has 1 amide bonds. The van der Waals surface area contributed by atoms with Crippen molar-refractivity contribution < 1.29 is 19.1 Å². The van der Waals surface area contributed by atoms with Crippen molar-refractivity contribution in [3.63, 3.8) is 0 Å². The van der Waals surface area contributed by atoms with E-state index in [9.17, 15) is 9.59 Å². The number of methoxy groups -OCH3 is 1. The van der Waals surface area contributed by atoms with E-state index < -0.39 is 17.7 Å². The maximum atomic E-state index is 11.9. The predicted octanol–water partition coefficient (Wildman–Crippen LogP) is 1.14. The van der Waals surface area contributed by atoms with Crippen molar-refractivity contribution in [2.24, 2.45) is 5.73 Å². The fourth-order valence-corrected chi connectivity index (χ4v) is 1.34. The molecule has 0 aromatic carbocycles. The maximum absolute atomic E-state index is 11.9. The number of nitrogens with two attached hydrogens (primary N) is 1. The Kier molecular flexibility index (Phi) is 4.00. The largest absolute Gasteiger partial charge is 0.466 e. The van der Waals surface area contributed by atoms with Gasteiger partial charge in [-0.2, -0.15) is 0 Å². The molecule has 0 aromatic rings. The lowest BCUT2D eigenvalue weighted by atomic mass is 10.1. The van der Waals surface area contributed by atoms with Gasteiger partial charge in [-0.15, -0.1) is 0 Å². The molecule has 0 atom stereocenters. The highest BCUT2D eigenvalue weighted by Gasteiger charge is 2.28. The highest BCUT2D eigenvalue weighted by atomic mass is 16.6. The lowest BCUT2D eigenvalue weighted by Gasteiger charge is -2.29. The SMILES string of the molecule is COC(=O)C1=CC=C(N)N(C(=O)OC(C)(C)C)C1. The van der Waals surface area contributed by atoms with Gasteiger partial charge in [0.2, 0.25) is 0 Å². The second kappa shape index (κ2) is 5.12. The van der Waals surface area contributed by atoms with Crippen LogP contribution in [0, 0.1) is 0 Å². The van der Waals surface area contributed by atoms with E-state index in [4.69, 9.17) is 10.5 Å². The lowest BCUT2D eigenvalue weighted by Crippen LogP contribution is -2.41. The van der Waals surface area contributed by atoms with Crippen LogP contribution in [0.4, 0.5) is 4.79 Å². The van der Waals surface area contributed by atoms with Crippen LogP contribution in [-0.2, 0) is 14.3 Å². The van der Waals surface area contributed by atoms with Crippen molar-refractivity contribution in [1.82, 2.24) is 4.90 Å². The van der Waals surface area contributed by atoms with Crippen LogP contribution in [0.3, 0.4) is 0 Å². The number of amides is 1.